The van der Waals surface area contributed by atoms with E-state index in [-0.39, 0.29) is 11.5 Å². The highest BCUT2D eigenvalue weighted by molar-refractivity contribution is 9.10. The molecule has 0 bridgehead atoms. The highest BCUT2D eigenvalue weighted by Crippen LogP contribution is 2.50. The molecular weight excluding hydrogens is 342 g/mol. The standard InChI is InChI=1S/C18H24BrNO2/c1-3-22-17(21)12-20-16-7-6-14(19)10-15(16)13(2)11-18(20)8-4-5-9-18/h6-7,10,13H,3-5,8-9,11-12H2,1-2H3. The molecule has 120 valence electrons. The molecule has 1 aromatic carbocycles. The summed E-state index contributed by atoms with van der Waals surface area (Å²) >= 11 is 3.58. The van der Waals surface area contributed by atoms with E-state index < -0.39 is 0 Å². The zero-order valence-corrected chi connectivity index (χ0v) is 15.0. The monoisotopic (exact) mass is 365 g/mol. The second-order valence-electron chi connectivity index (χ2n) is 6.63. The van der Waals surface area contributed by atoms with Gasteiger partial charge in [-0.05, 0) is 55.9 Å². The molecule has 2 aliphatic rings. The van der Waals surface area contributed by atoms with Crippen molar-refractivity contribution in [1.29, 1.82) is 0 Å². The molecule has 1 spiro atoms. The fourth-order valence-electron chi connectivity index (χ4n) is 4.31. The summed E-state index contributed by atoms with van der Waals surface area (Å²) < 4.78 is 6.33. The van der Waals surface area contributed by atoms with Crippen LogP contribution in [-0.2, 0) is 9.53 Å². The number of hydrogen-bond donors (Lipinski definition) is 0. The summed E-state index contributed by atoms with van der Waals surface area (Å²) in [6, 6.07) is 6.45. The third-order valence-electron chi connectivity index (χ3n) is 5.20. The number of carbonyl (C=O) groups excluding carboxylic acids is 1. The van der Waals surface area contributed by atoms with Gasteiger partial charge < -0.3 is 9.64 Å². The normalized spacial score (nSPS) is 22.7. The van der Waals surface area contributed by atoms with Crippen LogP contribution in [0.2, 0.25) is 0 Å². The number of halogens is 1. The van der Waals surface area contributed by atoms with Crippen LogP contribution in [0.25, 0.3) is 0 Å². The summed E-state index contributed by atoms with van der Waals surface area (Å²) in [7, 11) is 0. The summed E-state index contributed by atoms with van der Waals surface area (Å²) in [5, 5.41) is 0. The van der Waals surface area contributed by atoms with Crippen molar-refractivity contribution in [1.82, 2.24) is 0 Å². The van der Waals surface area contributed by atoms with E-state index in [1.165, 1.54) is 36.9 Å². The summed E-state index contributed by atoms with van der Waals surface area (Å²) in [6.45, 7) is 5.00. The van der Waals surface area contributed by atoms with Crippen LogP contribution < -0.4 is 4.90 Å². The van der Waals surface area contributed by atoms with Crippen LogP contribution in [0.3, 0.4) is 0 Å². The molecule has 0 aromatic heterocycles. The molecule has 4 heteroatoms. The van der Waals surface area contributed by atoms with Gasteiger partial charge in [0.25, 0.3) is 0 Å². The lowest BCUT2D eigenvalue weighted by Gasteiger charge is -2.49. The van der Waals surface area contributed by atoms with Gasteiger partial charge in [-0.2, -0.15) is 0 Å². The van der Waals surface area contributed by atoms with Gasteiger partial charge in [-0.3, -0.25) is 4.79 Å². The average Bonchev–Trinajstić information content (AvgIpc) is 2.93. The highest BCUT2D eigenvalue weighted by atomic mass is 79.9. The van der Waals surface area contributed by atoms with Gasteiger partial charge in [0.1, 0.15) is 6.54 Å². The Bertz CT molecular complexity index is 566. The van der Waals surface area contributed by atoms with Gasteiger partial charge in [0.05, 0.1) is 6.61 Å². The van der Waals surface area contributed by atoms with Crippen LogP contribution in [0.15, 0.2) is 22.7 Å². The third-order valence-corrected chi connectivity index (χ3v) is 5.69. The number of esters is 1. The maximum absolute atomic E-state index is 12.1. The number of rotatable bonds is 3. The lowest BCUT2D eigenvalue weighted by Crippen LogP contribution is -2.53. The molecule has 3 nitrogen and oxygen atoms in total. The first-order chi connectivity index (χ1) is 10.6. The van der Waals surface area contributed by atoms with Crippen LogP contribution >= 0.6 is 15.9 Å². The van der Waals surface area contributed by atoms with Crippen LogP contribution in [0.4, 0.5) is 5.69 Å². The minimum Gasteiger partial charge on any atom is -0.465 e. The SMILES string of the molecule is CCOC(=O)CN1c2ccc(Br)cc2C(C)CC12CCCC2. The van der Waals surface area contributed by atoms with Gasteiger partial charge in [-0.15, -0.1) is 0 Å². The van der Waals surface area contributed by atoms with E-state index in [1.54, 1.807) is 0 Å². The van der Waals surface area contributed by atoms with E-state index in [0.717, 1.165) is 10.9 Å². The van der Waals surface area contributed by atoms with Gasteiger partial charge in [-0.1, -0.05) is 35.7 Å². The van der Waals surface area contributed by atoms with E-state index in [0.29, 0.717) is 19.1 Å². The lowest BCUT2D eigenvalue weighted by molar-refractivity contribution is -0.141. The molecular formula is C18H24BrNO2. The van der Waals surface area contributed by atoms with Crippen molar-refractivity contribution in [2.75, 3.05) is 18.1 Å². The fraction of sp³-hybridized carbons (Fsp3) is 0.611. The molecule has 0 amide bonds. The van der Waals surface area contributed by atoms with E-state index in [9.17, 15) is 4.79 Å². The zero-order valence-electron chi connectivity index (χ0n) is 13.4. The molecule has 1 aliphatic carbocycles. The zero-order chi connectivity index (χ0) is 15.7. The van der Waals surface area contributed by atoms with Gasteiger partial charge in [-0.25, -0.2) is 0 Å². The molecule has 0 N–H and O–H groups in total. The largest absolute Gasteiger partial charge is 0.465 e. The van der Waals surface area contributed by atoms with E-state index in [4.69, 9.17) is 4.74 Å². The quantitative estimate of drug-likeness (QED) is 0.730. The Morgan fingerprint density at radius 3 is 2.82 bits per heavy atom. The molecule has 1 saturated carbocycles. The number of ether oxygens (including phenoxy) is 1. The predicted octanol–water partition coefficient (Wildman–Crippen LogP) is 4.64. The molecule has 1 unspecified atom stereocenters. The van der Waals surface area contributed by atoms with Gasteiger partial charge in [0, 0.05) is 15.7 Å². The van der Waals surface area contributed by atoms with E-state index in [2.05, 4.69) is 46.0 Å². The molecule has 3 rings (SSSR count). The number of benzene rings is 1. The maximum Gasteiger partial charge on any atom is 0.325 e. The summed E-state index contributed by atoms with van der Waals surface area (Å²) in [4.78, 5) is 14.5. The summed E-state index contributed by atoms with van der Waals surface area (Å²) in [6.07, 6.45) is 6.03. The molecule has 1 aromatic rings. The second-order valence-corrected chi connectivity index (χ2v) is 7.55. The van der Waals surface area contributed by atoms with Crippen molar-refractivity contribution >= 4 is 27.6 Å². The van der Waals surface area contributed by atoms with Crippen molar-refractivity contribution in [3.63, 3.8) is 0 Å². The Hall–Kier alpha value is -1.03. The minimum atomic E-state index is -0.114. The molecule has 1 heterocycles. The Labute approximate surface area is 141 Å². The van der Waals surface area contributed by atoms with E-state index in [1.807, 2.05) is 6.92 Å². The molecule has 0 saturated heterocycles. The third kappa shape index (κ3) is 2.78. The summed E-state index contributed by atoms with van der Waals surface area (Å²) in [5.74, 6) is 0.418. The van der Waals surface area contributed by atoms with Gasteiger partial charge >= 0.3 is 5.97 Å². The topological polar surface area (TPSA) is 29.5 Å². The molecule has 0 radical (unpaired) electrons. The lowest BCUT2D eigenvalue weighted by atomic mass is 9.77. The number of nitrogens with zero attached hydrogens (tertiary/aromatic N) is 1. The minimum absolute atomic E-state index is 0.114. The fourth-order valence-corrected chi connectivity index (χ4v) is 4.69. The van der Waals surface area contributed by atoms with Crippen LogP contribution in [0.1, 0.15) is 57.4 Å². The van der Waals surface area contributed by atoms with Crippen molar-refractivity contribution in [2.45, 2.75) is 57.4 Å². The first-order valence-corrected chi connectivity index (χ1v) is 9.08. The number of carbonyl (C=O) groups is 1. The molecule has 1 fully saturated rings. The van der Waals surface area contributed by atoms with Crippen molar-refractivity contribution in [3.05, 3.63) is 28.2 Å². The predicted molar refractivity (Wildman–Crippen MR) is 92.4 cm³/mol. The molecule has 1 aliphatic heterocycles. The Morgan fingerprint density at radius 1 is 1.41 bits per heavy atom. The first kappa shape index (κ1) is 15.9. The summed E-state index contributed by atoms with van der Waals surface area (Å²) in [5.41, 5.74) is 2.71. The number of hydrogen-bond acceptors (Lipinski definition) is 3. The number of fused-ring (bicyclic) bond motifs is 1. The maximum atomic E-state index is 12.1. The Morgan fingerprint density at radius 2 is 2.14 bits per heavy atom. The van der Waals surface area contributed by atoms with Gasteiger partial charge in [0.2, 0.25) is 0 Å². The van der Waals surface area contributed by atoms with Crippen molar-refractivity contribution < 1.29 is 9.53 Å². The second kappa shape index (κ2) is 6.23. The molecule has 1 atom stereocenters. The average molecular weight is 366 g/mol. The van der Waals surface area contributed by atoms with E-state index >= 15 is 0 Å². The van der Waals surface area contributed by atoms with Crippen LogP contribution in [0.5, 0.6) is 0 Å². The van der Waals surface area contributed by atoms with Gasteiger partial charge in [0.15, 0.2) is 0 Å². The van der Waals surface area contributed by atoms with Crippen LogP contribution in [-0.4, -0.2) is 24.7 Å². The Kier molecular flexibility index (Phi) is 4.49. The highest BCUT2D eigenvalue weighted by Gasteiger charge is 2.45. The van der Waals surface area contributed by atoms with Crippen LogP contribution in [0, 0.1) is 0 Å². The molecule has 22 heavy (non-hydrogen) atoms. The van der Waals surface area contributed by atoms with Crippen molar-refractivity contribution in [2.24, 2.45) is 0 Å². The number of anilines is 1. The smallest absolute Gasteiger partial charge is 0.325 e. The first-order valence-electron chi connectivity index (χ1n) is 8.28. The Balaban J connectivity index is 2.00. The van der Waals surface area contributed by atoms with Crippen molar-refractivity contribution in [3.8, 4) is 0 Å².